The number of nitrogens with zero attached hydrogens (tertiary/aromatic N) is 2. The molecule has 0 amide bonds. The molecule has 1 aromatic carbocycles. The van der Waals surface area contributed by atoms with Crippen LogP contribution < -0.4 is 5.32 Å². The highest BCUT2D eigenvalue weighted by molar-refractivity contribution is 5.32. The predicted octanol–water partition coefficient (Wildman–Crippen LogP) is 2.59. The van der Waals surface area contributed by atoms with E-state index < -0.39 is 0 Å². The Morgan fingerprint density at radius 2 is 2.28 bits per heavy atom. The van der Waals surface area contributed by atoms with Crippen LogP contribution in [0, 0.1) is 0 Å². The SMILES string of the molecule is Cn1ccnc1CNC1CCCc2ccccc21. The van der Waals surface area contributed by atoms with Gasteiger partial charge in [-0.2, -0.15) is 0 Å². The van der Waals surface area contributed by atoms with E-state index in [2.05, 4.69) is 39.1 Å². The smallest absolute Gasteiger partial charge is 0.122 e. The number of hydrogen-bond acceptors (Lipinski definition) is 2. The zero-order valence-corrected chi connectivity index (χ0v) is 10.8. The first kappa shape index (κ1) is 11.5. The Morgan fingerprint density at radius 3 is 3.11 bits per heavy atom. The van der Waals surface area contributed by atoms with Crippen molar-refractivity contribution in [3.8, 4) is 0 Å². The normalized spacial score (nSPS) is 18.6. The molecule has 1 N–H and O–H groups in total. The second-order valence-corrected chi connectivity index (χ2v) is 4.98. The van der Waals surface area contributed by atoms with Crippen molar-refractivity contribution in [3.63, 3.8) is 0 Å². The summed E-state index contributed by atoms with van der Waals surface area (Å²) < 4.78 is 2.07. The first-order valence-corrected chi connectivity index (χ1v) is 6.62. The monoisotopic (exact) mass is 241 g/mol. The molecule has 1 aliphatic rings. The van der Waals surface area contributed by atoms with Gasteiger partial charge in [-0.05, 0) is 30.4 Å². The van der Waals surface area contributed by atoms with Crippen molar-refractivity contribution in [3.05, 3.63) is 53.6 Å². The molecule has 0 spiro atoms. The number of hydrogen-bond donors (Lipinski definition) is 1. The van der Waals surface area contributed by atoms with Crippen molar-refractivity contribution < 1.29 is 0 Å². The van der Waals surface area contributed by atoms with Gasteiger partial charge in [-0.25, -0.2) is 4.98 Å². The van der Waals surface area contributed by atoms with Gasteiger partial charge in [0.25, 0.3) is 0 Å². The Kier molecular flexibility index (Phi) is 3.15. The van der Waals surface area contributed by atoms with Crippen LogP contribution in [0.3, 0.4) is 0 Å². The lowest BCUT2D eigenvalue weighted by molar-refractivity contribution is 0.449. The molecule has 18 heavy (non-hydrogen) atoms. The zero-order chi connectivity index (χ0) is 12.4. The number of aryl methyl sites for hydroxylation is 2. The summed E-state index contributed by atoms with van der Waals surface area (Å²) in [7, 11) is 2.04. The van der Waals surface area contributed by atoms with Gasteiger partial charge in [0.15, 0.2) is 0 Å². The quantitative estimate of drug-likeness (QED) is 0.895. The van der Waals surface area contributed by atoms with Gasteiger partial charge in [-0.1, -0.05) is 24.3 Å². The van der Waals surface area contributed by atoms with E-state index in [1.807, 2.05) is 19.4 Å². The molecule has 3 heteroatoms. The molecular formula is C15H19N3. The zero-order valence-electron chi connectivity index (χ0n) is 10.8. The van der Waals surface area contributed by atoms with Crippen LogP contribution in [0.2, 0.25) is 0 Å². The average molecular weight is 241 g/mol. The molecule has 3 nitrogen and oxygen atoms in total. The molecule has 0 fully saturated rings. The van der Waals surface area contributed by atoms with Crippen LogP contribution in [0.4, 0.5) is 0 Å². The van der Waals surface area contributed by atoms with E-state index in [4.69, 9.17) is 0 Å². The highest BCUT2D eigenvalue weighted by atomic mass is 15.1. The number of imidazole rings is 1. The van der Waals surface area contributed by atoms with Crippen molar-refractivity contribution in [1.29, 1.82) is 0 Å². The molecule has 0 bridgehead atoms. The van der Waals surface area contributed by atoms with E-state index in [0.29, 0.717) is 6.04 Å². The Hall–Kier alpha value is -1.61. The van der Waals surface area contributed by atoms with Gasteiger partial charge in [-0.3, -0.25) is 0 Å². The van der Waals surface area contributed by atoms with E-state index in [1.54, 1.807) is 0 Å². The van der Waals surface area contributed by atoms with Gasteiger partial charge in [-0.15, -0.1) is 0 Å². The minimum absolute atomic E-state index is 0.478. The second-order valence-electron chi connectivity index (χ2n) is 4.98. The molecule has 94 valence electrons. The van der Waals surface area contributed by atoms with Crippen molar-refractivity contribution in [2.75, 3.05) is 0 Å². The van der Waals surface area contributed by atoms with Gasteiger partial charge in [0, 0.05) is 25.5 Å². The van der Waals surface area contributed by atoms with Crippen LogP contribution in [-0.4, -0.2) is 9.55 Å². The summed E-state index contributed by atoms with van der Waals surface area (Å²) in [4.78, 5) is 4.36. The summed E-state index contributed by atoms with van der Waals surface area (Å²) >= 11 is 0. The maximum Gasteiger partial charge on any atom is 0.122 e. The number of benzene rings is 1. The van der Waals surface area contributed by atoms with Crippen LogP contribution in [0.15, 0.2) is 36.7 Å². The standard InChI is InChI=1S/C15H19N3/c1-18-10-9-16-15(18)11-17-14-8-4-6-12-5-2-3-7-13(12)14/h2-3,5,7,9-10,14,17H,4,6,8,11H2,1H3. The molecule has 3 rings (SSSR count). The third-order valence-corrected chi connectivity index (χ3v) is 3.80. The average Bonchev–Trinajstić information content (AvgIpc) is 2.82. The number of fused-ring (bicyclic) bond motifs is 1. The largest absolute Gasteiger partial charge is 0.337 e. The predicted molar refractivity (Wildman–Crippen MR) is 72.2 cm³/mol. The molecular weight excluding hydrogens is 222 g/mol. The summed E-state index contributed by atoms with van der Waals surface area (Å²) in [6.45, 7) is 0.836. The molecule has 1 atom stereocenters. The second kappa shape index (κ2) is 4.94. The van der Waals surface area contributed by atoms with Crippen LogP contribution in [0.25, 0.3) is 0 Å². The Bertz CT molecular complexity index is 530. The van der Waals surface area contributed by atoms with Crippen LogP contribution >= 0.6 is 0 Å². The highest BCUT2D eigenvalue weighted by Crippen LogP contribution is 2.29. The Balaban J connectivity index is 1.73. The van der Waals surface area contributed by atoms with E-state index in [1.165, 1.54) is 30.4 Å². The third-order valence-electron chi connectivity index (χ3n) is 3.80. The minimum atomic E-state index is 0.478. The van der Waals surface area contributed by atoms with Crippen molar-refractivity contribution in [1.82, 2.24) is 14.9 Å². The van der Waals surface area contributed by atoms with Crippen LogP contribution in [0.1, 0.15) is 35.8 Å². The molecule has 0 aliphatic heterocycles. The summed E-state index contributed by atoms with van der Waals surface area (Å²) in [6.07, 6.45) is 7.56. The molecule has 0 radical (unpaired) electrons. The molecule has 1 aliphatic carbocycles. The molecule has 1 heterocycles. The van der Waals surface area contributed by atoms with E-state index in [-0.39, 0.29) is 0 Å². The highest BCUT2D eigenvalue weighted by Gasteiger charge is 2.19. The van der Waals surface area contributed by atoms with E-state index >= 15 is 0 Å². The molecule has 1 aromatic heterocycles. The summed E-state index contributed by atoms with van der Waals surface area (Å²) in [5.74, 6) is 1.10. The molecule has 0 saturated heterocycles. The Morgan fingerprint density at radius 1 is 1.39 bits per heavy atom. The van der Waals surface area contributed by atoms with Gasteiger partial charge >= 0.3 is 0 Å². The molecule has 0 saturated carbocycles. The number of nitrogens with one attached hydrogen (secondary N) is 1. The summed E-state index contributed by atoms with van der Waals surface area (Å²) in [6, 6.07) is 9.26. The summed E-state index contributed by atoms with van der Waals surface area (Å²) in [5.41, 5.74) is 2.97. The first-order valence-electron chi connectivity index (χ1n) is 6.62. The lowest BCUT2D eigenvalue weighted by atomic mass is 9.88. The fourth-order valence-electron chi connectivity index (χ4n) is 2.75. The van der Waals surface area contributed by atoms with Crippen LogP contribution in [0.5, 0.6) is 0 Å². The third kappa shape index (κ3) is 2.18. The molecule has 1 unspecified atom stereocenters. The fraction of sp³-hybridized carbons (Fsp3) is 0.400. The fourth-order valence-corrected chi connectivity index (χ4v) is 2.75. The van der Waals surface area contributed by atoms with E-state index in [9.17, 15) is 0 Å². The van der Waals surface area contributed by atoms with E-state index in [0.717, 1.165) is 12.4 Å². The minimum Gasteiger partial charge on any atom is -0.337 e. The van der Waals surface area contributed by atoms with Gasteiger partial charge in [0.1, 0.15) is 5.82 Å². The lowest BCUT2D eigenvalue weighted by Crippen LogP contribution is -2.25. The number of rotatable bonds is 3. The first-order chi connectivity index (χ1) is 8.84. The Labute approximate surface area is 108 Å². The van der Waals surface area contributed by atoms with Gasteiger partial charge in [0.05, 0.1) is 6.54 Å². The van der Waals surface area contributed by atoms with Gasteiger partial charge in [0.2, 0.25) is 0 Å². The van der Waals surface area contributed by atoms with Crippen molar-refractivity contribution in [2.45, 2.75) is 31.8 Å². The maximum atomic E-state index is 4.36. The summed E-state index contributed by atoms with van der Waals surface area (Å²) in [5, 5.41) is 3.64. The molecule has 2 aromatic rings. The maximum absolute atomic E-state index is 4.36. The lowest BCUT2D eigenvalue weighted by Gasteiger charge is -2.26. The van der Waals surface area contributed by atoms with Crippen molar-refractivity contribution >= 4 is 0 Å². The van der Waals surface area contributed by atoms with Crippen LogP contribution in [-0.2, 0) is 20.0 Å². The van der Waals surface area contributed by atoms with Gasteiger partial charge < -0.3 is 9.88 Å². The topological polar surface area (TPSA) is 29.9 Å². The number of aromatic nitrogens is 2. The van der Waals surface area contributed by atoms with Crippen molar-refractivity contribution in [2.24, 2.45) is 7.05 Å².